The van der Waals surface area contributed by atoms with Crippen molar-refractivity contribution in [2.45, 2.75) is 6.92 Å². The lowest BCUT2D eigenvalue weighted by Crippen LogP contribution is -2.10. The van der Waals surface area contributed by atoms with Crippen LogP contribution in [-0.2, 0) is 0 Å². The maximum Gasteiger partial charge on any atom is 0.267 e. The maximum absolute atomic E-state index is 12.4. The largest absolute Gasteiger partial charge is 0.321 e. The molecule has 1 aromatic heterocycles. The number of fused-ring (bicyclic) bond motifs is 1. The van der Waals surface area contributed by atoms with Gasteiger partial charge in [-0.05, 0) is 36.8 Å². The zero-order chi connectivity index (χ0) is 15.9. The topological polar surface area (TPSA) is 29.1 Å². The van der Waals surface area contributed by atoms with Crippen molar-refractivity contribution in [3.63, 3.8) is 0 Å². The Balaban J connectivity index is 1.94. The van der Waals surface area contributed by atoms with Gasteiger partial charge in [0.15, 0.2) is 0 Å². The highest BCUT2D eigenvalue weighted by molar-refractivity contribution is 7.21. The number of nitrogens with one attached hydrogen (secondary N) is 1. The van der Waals surface area contributed by atoms with Crippen LogP contribution < -0.4 is 5.32 Å². The van der Waals surface area contributed by atoms with Gasteiger partial charge in [0.2, 0.25) is 0 Å². The molecule has 0 aliphatic rings. The molecule has 0 unspecified atom stereocenters. The predicted octanol–water partition coefficient (Wildman–Crippen LogP) is 6.42. The molecule has 1 N–H and O–H groups in total. The molecule has 0 aliphatic carbocycles. The first-order valence-electron chi connectivity index (χ1n) is 6.41. The molecule has 0 spiro atoms. The fraction of sp³-hybridized carbons (Fsp3) is 0.0625. The van der Waals surface area contributed by atoms with E-state index in [1.807, 2.05) is 25.1 Å². The summed E-state index contributed by atoms with van der Waals surface area (Å²) in [6.45, 7) is 2.00. The molecule has 0 aliphatic heterocycles. The van der Waals surface area contributed by atoms with Gasteiger partial charge in [-0.2, -0.15) is 0 Å². The van der Waals surface area contributed by atoms with Crippen molar-refractivity contribution in [1.82, 2.24) is 0 Å². The Hall–Kier alpha value is -1.26. The number of benzene rings is 2. The predicted molar refractivity (Wildman–Crippen MR) is 96.0 cm³/mol. The van der Waals surface area contributed by atoms with Gasteiger partial charge in [0, 0.05) is 15.8 Å². The molecule has 1 heterocycles. The summed E-state index contributed by atoms with van der Waals surface area (Å²) < 4.78 is 0.990. The van der Waals surface area contributed by atoms with Crippen LogP contribution in [-0.4, -0.2) is 5.91 Å². The fourth-order valence-electron chi connectivity index (χ4n) is 2.08. The molecule has 2 aromatic carbocycles. The van der Waals surface area contributed by atoms with Gasteiger partial charge in [-0.25, -0.2) is 0 Å². The maximum atomic E-state index is 12.4. The molecule has 0 saturated carbocycles. The van der Waals surface area contributed by atoms with Crippen molar-refractivity contribution in [2.75, 3.05) is 5.32 Å². The molecular weight excluding hydrogens is 361 g/mol. The van der Waals surface area contributed by atoms with E-state index in [9.17, 15) is 4.79 Å². The molecule has 0 radical (unpaired) electrons. The van der Waals surface area contributed by atoms with Crippen molar-refractivity contribution in [3.05, 3.63) is 61.9 Å². The second kappa shape index (κ2) is 6.09. The summed E-state index contributed by atoms with van der Waals surface area (Å²) >= 11 is 19.5. The van der Waals surface area contributed by atoms with Gasteiger partial charge in [-0.15, -0.1) is 11.3 Å². The van der Waals surface area contributed by atoms with Crippen LogP contribution >= 0.6 is 46.1 Å². The Bertz CT molecular complexity index is 888. The summed E-state index contributed by atoms with van der Waals surface area (Å²) in [5.74, 6) is -0.262. The van der Waals surface area contributed by atoms with Crippen LogP contribution in [0.3, 0.4) is 0 Å². The van der Waals surface area contributed by atoms with Gasteiger partial charge in [0.05, 0.1) is 15.1 Å². The number of aryl methyl sites for hydroxylation is 1. The van der Waals surface area contributed by atoms with Crippen LogP contribution in [0.4, 0.5) is 5.69 Å². The van der Waals surface area contributed by atoms with E-state index in [-0.39, 0.29) is 5.91 Å². The van der Waals surface area contributed by atoms with Crippen molar-refractivity contribution < 1.29 is 4.79 Å². The Morgan fingerprint density at radius 2 is 1.82 bits per heavy atom. The Kier molecular flexibility index (Phi) is 4.33. The van der Waals surface area contributed by atoms with Crippen molar-refractivity contribution in [1.29, 1.82) is 0 Å². The number of hydrogen-bond acceptors (Lipinski definition) is 2. The van der Waals surface area contributed by atoms with E-state index in [1.165, 1.54) is 11.3 Å². The van der Waals surface area contributed by atoms with Crippen LogP contribution in [0, 0.1) is 6.92 Å². The summed E-state index contributed by atoms with van der Waals surface area (Å²) in [6.07, 6.45) is 0. The monoisotopic (exact) mass is 369 g/mol. The molecule has 3 aromatic rings. The lowest BCUT2D eigenvalue weighted by molar-refractivity contribution is 0.103. The highest BCUT2D eigenvalue weighted by atomic mass is 35.5. The van der Waals surface area contributed by atoms with Crippen LogP contribution in [0.2, 0.25) is 15.1 Å². The standard InChI is InChI=1S/C16H10Cl3NOS/c1-8-2-4-10-13(6-8)22-15(14(10)19)16(21)20-9-3-5-11(17)12(18)7-9/h2-7H,1H3,(H,20,21). The second-order valence-corrected chi connectivity index (χ2v) is 7.07. The zero-order valence-corrected chi connectivity index (χ0v) is 14.5. The van der Waals surface area contributed by atoms with Crippen molar-refractivity contribution >= 4 is 67.8 Å². The molecule has 0 bridgehead atoms. The van der Waals surface area contributed by atoms with Crippen molar-refractivity contribution in [3.8, 4) is 0 Å². The molecule has 112 valence electrons. The van der Waals surface area contributed by atoms with Gasteiger partial charge >= 0.3 is 0 Å². The summed E-state index contributed by atoms with van der Waals surface area (Å²) in [5, 5.41) is 4.97. The van der Waals surface area contributed by atoms with Crippen LogP contribution in [0.25, 0.3) is 10.1 Å². The van der Waals surface area contributed by atoms with Crippen LogP contribution in [0.1, 0.15) is 15.2 Å². The minimum absolute atomic E-state index is 0.262. The Morgan fingerprint density at radius 3 is 2.55 bits per heavy atom. The lowest BCUT2D eigenvalue weighted by Gasteiger charge is -2.05. The zero-order valence-electron chi connectivity index (χ0n) is 11.4. The molecule has 6 heteroatoms. The molecular formula is C16H10Cl3NOS. The average Bonchev–Trinajstić information content (AvgIpc) is 2.79. The number of rotatable bonds is 2. The molecule has 0 fully saturated rings. The van der Waals surface area contributed by atoms with Crippen LogP contribution in [0.15, 0.2) is 36.4 Å². The number of anilines is 1. The van der Waals surface area contributed by atoms with Gasteiger partial charge in [-0.1, -0.05) is 46.9 Å². The van der Waals surface area contributed by atoms with E-state index >= 15 is 0 Å². The third-order valence-electron chi connectivity index (χ3n) is 3.17. The molecule has 22 heavy (non-hydrogen) atoms. The van der Waals surface area contributed by atoms with E-state index in [0.717, 1.165) is 15.6 Å². The number of halogens is 3. The SMILES string of the molecule is Cc1ccc2c(Cl)c(C(=O)Nc3ccc(Cl)c(Cl)c3)sc2c1. The van der Waals surface area contributed by atoms with Gasteiger partial charge in [0.1, 0.15) is 4.88 Å². The number of amides is 1. The first-order valence-corrected chi connectivity index (χ1v) is 8.36. The molecule has 0 atom stereocenters. The molecule has 3 rings (SSSR count). The van der Waals surface area contributed by atoms with E-state index < -0.39 is 0 Å². The quantitative estimate of drug-likeness (QED) is 0.554. The first kappa shape index (κ1) is 15.6. The second-order valence-electron chi connectivity index (χ2n) is 4.83. The fourth-order valence-corrected chi connectivity index (χ4v) is 3.89. The van der Waals surface area contributed by atoms with Gasteiger partial charge in [0.25, 0.3) is 5.91 Å². The van der Waals surface area contributed by atoms with E-state index in [1.54, 1.807) is 18.2 Å². The smallest absolute Gasteiger partial charge is 0.267 e. The molecule has 0 saturated heterocycles. The summed E-state index contributed by atoms with van der Waals surface area (Å²) in [4.78, 5) is 12.9. The van der Waals surface area contributed by atoms with Gasteiger partial charge in [-0.3, -0.25) is 4.79 Å². The Labute approximate surface area is 146 Å². The summed E-state index contributed by atoms with van der Waals surface area (Å²) in [6, 6.07) is 10.9. The summed E-state index contributed by atoms with van der Waals surface area (Å²) in [5.41, 5.74) is 1.70. The first-order chi connectivity index (χ1) is 10.5. The molecule has 2 nitrogen and oxygen atoms in total. The van der Waals surface area contributed by atoms with Gasteiger partial charge < -0.3 is 5.32 Å². The van der Waals surface area contributed by atoms with E-state index in [4.69, 9.17) is 34.8 Å². The number of carbonyl (C=O) groups is 1. The highest BCUT2D eigenvalue weighted by Gasteiger charge is 2.17. The summed E-state index contributed by atoms with van der Waals surface area (Å²) in [7, 11) is 0. The Morgan fingerprint density at radius 1 is 1.05 bits per heavy atom. The third kappa shape index (κ3) is 2.95. The van der Waals surface area contributed by atoms with Crippen molar-refractivity contribution in [2.24, 2.45) is 0 Å². The average molecular weight is 371 g/mol. The normalized spacial score (nSPS) is 10.9. The number of carbonyl (C=O) groups excluding carboxylic acids is 1. The highest BCUT2D eigenvalue weighted by Crippen LogP contribution is 2.36. The van der Waals surface area contributed by atoms with Crippen LogP contribution in [0.5, 0.6) is 0 Å². The minimum Gasteiger partial charge on any atom is -0.321 e. The lowest BCUT2D eigenvalue weighted by atomic mass is 10.2. The third-order valence-corrected chi connectivity index (χ3v) is 5.56. The van der Waals surface area contributed by atoms with E-state index in [0.29, 0.717) is 25.6 Å². The minimum atomic E-state index is -0.262. The van der Waals surface area contributed by atoms with E-state index in [2.05, 4.69) is 5.32 Å². The number of thiophene rings is 1. The molecule has 1 amide bonds. The number of hydrogen-bond donors (Lipinski definition) is 1.